The molecular formula is C10H21ClN2O3S. The lowest BCUT2D eigenvalue weighted by atomic mass is 10.0. The van der Waals surface area contributed by atoms with E-state index in [9.17, 15) is 8.42 Å². The first-order valence-corrected chi connectivity index (χ1v) is 7.71. The fourth-order valence-electron chi connectivity index (χ4n) is 1.75. The van der Waals surface area contributed by atoms with E-state index in [4.69, 9.17) is 16.3 Å². The van der Waals surface area contributed by atoms with E-state index in [0.29, 0.717) is 25.6 Å². The molecule has 1 saturated heterocycles. The predicted molar refractivity (Wildman–Crippen MR) is 68.4 cm³/mol. The number of halogens is 1. The zero-order valence-electron chi connectivity index (χ0n) is 10.4. The van der Waals surface area contributed by atoms with Crippen molar-refractivity contribution >= 4 is 21.8 Å². The van der Waals surface area contributed by atoms with Gasteiger partial charge in [-0.25, -0.2) is 4.72 Å². The van der Waals surface area contributed by atoms with Crippen LogP contribution in [-0.2, 0) is 14.9 Å². The molecule has 0 bridgehead atoms. The third-order valence-electron chi connectivity index (χ3n) is 2.92. The average molecular weight is 285 g/mol. The van der Waals surface area contributed by atoms with Gasteiger partial charge in [0, 0.05) is 26.7 Å². The molecule has 102 valence electrons. The number of rotatable bonds is 6. The molecule has 7 heteroatoms. The number of piperidine rings is 1. The number of methoxy groups -OCH3 is 1. The SMILES string of the molecule is COCC(Cl)CNS(=O)(=O)N1CCC(C)CC1. The average Bonchev–Trinajstić information content (AvgIpc) is 2.28. The largest absolute Gasteiger partial charge is 0.383 e. The zero-order chi connectivity index (χ0) is 12.9. The number of ether oxygens (including phenoxy) is 1. The van der Waals surface area contributed by atoms with Crippen molar-refractivity contribution in [1.82, 2.24) is 9.03 Å². The van der Waals surface area contributed by atoms with Gasteiger partial charge >= 0.3 is 0 Å². The minimum Gasteiger partial charge on any atom is -0.383 e. The lowest BCUT2D eigenvalue weighted by Crippen LogP contribution is -2.46. The molecule has 1 heterocycles. The summed E-state index contributed by atoms with van der Waals surface area (Å²) >= 11 is 5.88. The summed E-state index contributed by atoms with van der Waals surface area (Å²) in [6, 6.07) is 0. The van der Waals surface area contributed by atoms with Crippen molar-refractivity contribution in [3.05, 3.63) is 0 Å². The Bertz CT molecular complexity index is 316. The normalized spacial score (nSPS) is 21.6. The molecule has 1 atom stereocenters. The van der Waals surface area contributed by atoms with E-state index < -0.39 is 10.2 Å². The molecule has 17 heavy (non-hydrogen) atoms. The summed E-state index contributed by atoms with van der Waals surface area (Å²) in [6.07, 6.45) is 1.84. The predicted octanol–water partition coefficient (Wildman–Crippen LogP) is 0.807. The van der Waals surface area contributed by atoms with Crippen LogP contribution in [0.3, 0.4) is 0 Å². The second-order valence-corrected chi connectivity index (χ2v) is 6.86. The summed E-state index contributed by atoms with van der Waals surface area (Å²) in [5.41, 5.74) is 0. The van der Waals surface area contributed by atoms with Gasteiger partial charge in [-0.15, -0.1) is 11.6 Å². The molecule has 1 aliphatic heterocycles. The smallest absolute Gasteiger partial charge is 0.279 e. The Hall–Kier alpha value is 0.120. The van der Waals surface area contributed by atoms with Crippen LogP contribution in [0.25, 0.3) is 0 Å². The highest BCUT2D eigenvalue weighted by Crippen LogP contribution is 2.17. The van der Waals surface area contributed by atoms with Crippen molar-refractivity contribution in [1.29, 1.82) is 0 Å². The van der Waals surface area contributed by atoms with Gasteiger partial charge in [-0.1, -0.05) is 6.92 Å². The summed E-state index contributed by atoms with van der Waals surface area (Å²) in [5, 5.41) is -0.335. The van der Waals surface area contributed by atoms with Crippen molar-refractivity contribution in [2.45, 2.75) is 25.1 Å². The third kappa shape index (κ3) is 5.09. The molecule has 1 fully saturated rings. The minimum atomic E-state index is -3.38. The van der Waals surface area contributed by atoms with Crippen LogP contribution in [0.5, 0.6) is 0 Å². The van der Waals surface area contributed by atoms with Gasteiger partial charge < -0.3 is 4.74 Å². The van der Waals surface area contributed by atoms with Crippen molar-refractivity contribution in [3.63, 3.8) is 0 Å². The monoisotopic (exact) mass is 284 g/mol. The van der Waals surface area contributed by atoms with Crippen molar-refractivity contribution in [2.24, 2.45) is 5.92 Å². The second kappa shape index (κ2) is 6.89. The lowest BCUT2D eigenvalue weighted by molar-refractivity contribution is 0.198. The first-order valence-electron chi connectivity index (χ1n) is 5.83. The highest BCUT2D eigenvalue weighted by Gasteiger charge is 2.26. The van der Waals surface area contributed by atoms with Gasteiger partial charge in [0.25, 0.3) is 10.2 Å². The van der Waals surface area contributed by atoms with Gasteiger partial charge in [0.15, 0.2) is 0 Å². The van der Waals surface area contributed by atoms with Crippen LogP contribution in [0.1, 0.15) is 19.8 Å². The molecule has 1 N–H and O–H groups in total. The van der Waals surface area contributed by atoms with E-state index in [-0.39, 0.29) is 11.9 Å². The summed E-state index contributed by atoms with van der Waals surface area (Å²) in [4.78, 5) is 0. The van der Waals surface area contributed by atoms with Gasteiger partial charge in [0.1, 0.15) is 0 Å². The van der Waals surface area contributed by atoms with E-state index in [1.54, 1.807) is 0 Å². The van der Waals surface area contributed by atoms with Crippen LogP contribution >= 0.6 is 11.6 Å². The molecule has 1 unspecified atom stereocenters. The molecule has 0 spiro atoms. The first kappa shape index (κ1) is 15.2. The topological polar surface area (TPSA) is 58.6 Å². The van der Waals surface area contributed by atoms with Crippen LogP contribution < -0.4 is 4.72 Å². The highest BCUT2D eigenvalue weighted by atomic mass is 35.5. The Morgan fingerprint density at radius 1 is 1.47 bits per heavy atom. The molecule has 0 aliphatic carbocycles. The molecule has 0 aromatic carbocycles. The van der Waals surface area contributed by atoms with Gasteiger partial charge in [0.2, 0.25) is 0 Å². The van der Waals surface area contributed by atoms with Crippen molar-refractivity contribution in [3.8, 4) is 0 Å². The Morgan fingerprint density at radius 3 is 2.59 bits per heavy atom. The fourth-order valence-corrected chi connectivity index (χ4v) is 3.33. The van der Waals surface area contributed by atoms with Crippen LogP contribution in [0.15, 0.2) is 0 Å². The highest BCUT2D eigenvalue weighted by molar-refractivity contribution is 7.87. The number of alkyl halides is 1. The zero-order valence-corrected chi connectivity index (χ0v) is 11.9. The number of hydrogen-bond donors (Lipinski definition) is 1. The first-order chi connectivity index (χ1) is 7.95. The Morgan fingerprint density at radius 2 is 2.06 bits per heavy atom. The summed E-state index contributed by atoms with van der Waals surface area (Å²) < 4.78 is 32.7. The number of nitrogens with one attached hydrogen (secondary N) is 1. The van der Waals surface area contributed by atoms with Crippen LogP contribution in [0.2, 0.25) is 0 Å². The van der Waals surface area contributed by atoms with Crippen molar-refractivity contribution < 1.29 is 13.2 Å². The van der Waals surface area contributed by atoms with Crippen molar-refractivity contribution in [2.75, 3.05) is 33.4 Å². The van der Waals surface area contributed by atoms with Gasteiger partial charge in [-0.05, 0) is 18.8 Å². The van der Waals surface area contributed by atoms with Crippen LogP contribution in [-0.4, -0.2) is 51.5 Å². The fraction of sp³-hybridized carbons (Fsp3) is 1.00. The minimum absolute atomic E-state index is 0.198. The second-order valence-electron chi connectivity index (χ2n) is 4.49. The molecule has 0 radical (unpaired) electrons. The maximum Gasteiger partial charge on any atom is 0.279 e. The number of hydrogen-bond acceptors (Lipinski definition) is 3. The molecule has 0 amide bonds. The van der Waals surface area contributed by atoms with E-state index in [1.807, 2.05) is 0 Å². The Balaban J connectivity index is 2.40. The molecule has 1 rings (SSSR count). The third-order valence-corrected chi connectivity index (χ3v) is 4.77. The summed E-state index contributed by atoms with van der Waals surface area (Å²) in [7, 11) is -1.84. The maximum absolute atomic E-state index is 11.9. The van der Waals surface area contributed by atoms with Gasteiger partial charge in [-0.3, -0.25) is 0 Å². The molecule has 5 nitrogen and oxygen atoms in total. The standard InChI is InChI=1S/C10H21ClN2O3S/c1-9-3-5-13(6-4-9)17(14,15)12-7-10(11)8-16-2/h9-10,12H,3-8H2,1-2H3. The van der Waals surface area contributed by atoms with E-state index in [2.05, 4.69) is 11.6 Å². The Labute approximate surface area is 109 Å². The van der Waals surface area contributed by atoms with E-state index >= 15 is 0 Å². The molecule has 0 saturated carbocycles. The maximum atomic E-state index is 11.9. The van der Waals surface area contributed by atoms with Crippen LogP contribution in [0, 0.1) is 5.92 Å². The van der Waals surface area contributed by atoms with E-state index in [1.165, 1.54) is 11.4 Å². The number of nitrogens with zero attached hydrogens (tertiary/aromatic N) is 1. The summed E-state index contributed by atoms with van der Waals surface area (Å²) in [5.74, 6) is 0.607. The molecule has 1 aliphatic rings. The summed E-state index contributed by atoms with van der Waals surface area (Å²) in [6.45, 7) is 3.86. The Kier molecular flexibility index (Phi) is 6.16. The quantitative estimate of drug-likeness (QED) is 0.734. The molecule has 0 aromatic rings. The molecule has 0 aromatic heterocycles. The van der Waals surface area contributed by atoms with Gasteiger partial charge in [0.05, 0.1) is 12.0 Å². The van der Waals surface area contributed by atoms with Gasteiger partial charge in [-0.2, -0.15) is 12.7 Å². The lowest BCUT2D eigenvalue weighted by Gasteiger charge is -2.29. The van der Waals surface area contributed by atoms with Crippen LogP contribution in [0.4, 0.5) is 0 Å². The van der Waals surface area contributed by atoms with E-state index in [0.717, 1.165) is 12.8 Å². The molecular weight excluding hydrogens is 264 g/mol.